The lowest BCUT2D eigenvalue weighted by molar-refractivity contribution is 0.102. The zero-order valence-corrected chi connectivity index (χ0v) is 18.0. The molecule has 0 unspecified atom stereocenters. The van der Waals surface area contributed by atoms with Gasteiger partial charge >= 0.3 is 0 Å². The first kappa shape index (κ1) is 20.1. The van der Waals surface area contributed by atoms with Gasteiger partial charge in [-0.15, -0.1) is 0 Å². The first-order chi connectivity index (χ1) is 14.3. The van der Waals surface area contributed by atoms with Crippen molar-refractivity contribution in [1.29, 1.82) is 0 Å². The number of hydrogen-bond acceptors (Lipinski definition) is 5. The van der Waals surface area contributed by atoms with Crippen LogP contribution >= 0.6 is 11.3 Å². The van der Waals surface area contributed by atoms with E-state index in [9.17, 15) is 13.2 Å². The van der Waals surface area contributed by atoms with Crippen molar-refractivity contribution in [2.75, 3.05) is 10.0 Å². The molecule has 0 fully saturated rings. The van der Waals surface area contributed by atoms with Crippen molar-refractivity contribution in [1.82, 2.24) is 4.98 Å². The number of anilines is 2. The molecule has 0 spiro atoms. The Balaban J connectivity index is 1.54. The fourth-order valence-electron chi connectivity index (χ4n) is 2.96. The summed E-state index contributed by atoms with van der Waals surface area (Å²) in [4.78, 5) is 17.3. The van der Waals surface area contributed by atoms with Gasteiger partial charge in [-0.05, 0) is 55.8 Å². The number of nitrogens with one attached hydrogen (secondary N) is 2. The molecule has 30 heavy (non-hydrogen) atoms. The maximum atomic E-state index is 12.7. The van der Waals surface area contributed by atoms with Crippen LogP contribution in [0, 0.1) is 13.8 Å². The number of sulfonamides is 1. The molecule has 0 bridgehead atoms. The second kappa shape index (κ2) is 7.89. The van der Waals surface area contributed by atoms with Gasteiger partial charge in [0.2, 0.25) is 0 Å². The topological polar surface area (TPSA) is 88.2 Å². The predicted molar refractivity (Wildman–Crippen MR) is 121 cm³/mol. The summed E-state index contributed by atoms with van der Waals surface area (Å²) in [5.41, 5.74) is 3.50. The zero-order chi connectivity index (χ0) is 21.3. The van der Waals surface area contributed by atoms with Crippen LogP contribution in [0.2, 0.25) is 0 Å². The molecule has 0 aliphatic heterocycles. The molecule has 0 aliphatic carbocycles. The predicted octanol–water partition coefficient (Wildman–Crippen LogP) is 4.97. The van der Waals surface area contributed by atoms with Gasteiger partial charge in [0, 0.05) is 11.3 Å². The minimum Gasteiger partial charge on any atom is -0.298 e. The fourth-order valence-corrected chi connectivity index (χ4v) is 4.95. The highest BCUT2D eigenvalue weighted by Crippen LogP contribution is 2.28. The van der Waals surface area contributed by atoms with E-state index in [4.69, 9.17) is 0 Å². The first-order valence-electron chi connectivity index (χ1n) is 9.19. The molecular weight excluding hydrogens is 418 g/mol. The highest BCUT2D eigenvalue weighted by molar-refractivity contribution is 7.92. The number of aryl methyl sites for hydroxylation is 2. The van der Waals surface area contributed by atoms with Gasteiger partial charge in [-0.2, -0.15) is 0 Å². The Labute approximate surface area is 178 Å². The molecule has 1 heterocycles. The largest absolute Gasteiger partial charge is 0.298 e. The monoisotopic (exact) mass is 437 g/mol. The molecule has 4 aromatic rings. The van der Waals surface area contributed by atoms with Crippen LogP contribution < -0.4 is 10.0 Å². The second-order valence-corrected chi connectivity index (χ2v) is 9.61. The van der Waals surface area contributed by atoms with E-state index in [-0.39, 0.29) is 10.8 Å². The summed E-state index contributed by atoms with van der Waals surface area (Å²) in [7, 11) is -3.75. The summed E-state index contributed by atoms with van der Waals surface area (Å²) in [6, 6.07) is 18.8. The third kappa shape index (κ3) is 4.19. The summed E-state index contributed by atoms with van der Waals surface area (Å²) < 4.78 is 28.7. The third-order valence-electron chi connectivity index (χ3n) is 4.55. The highest BCUT2D eigenvalue weighted by atomic mass is 32.2. The number of hydrogen-bond donors (Lipinski definition) is 2. The molecule has 2 N–H and O–H groups in total. The molecule has 0 radical (unpaired) electrons. The van der Waals surface area contributed by atoms with Crippen molar-refractivity contribution in [3.05, 3.63) is 83.4 Å². The van der Waals surface area contributed by atoms with Crippen LogP contribution in [0.15, 0.2) is 71.6 Å². The third-order valence-corrected chi connectivity index (χ3v) is 6.88. The van der Waals surface area contributed by atoms with Crippen molar-refractivity contribution < 1.29 is 13.2 Å². The standard InChI is InChI=1S/C22H19N3O3S2/c1-14-9-11-18(12-10-14)30(27,28)25-17-7-4-6-16(13-17)21(26)24-22-23-20-15(2)5-3-8-19(20)29-22/h3-13,25H,1-2H3,(H,23,24,26). The SMILES string of the molecule is Cc1ccc(S(=O)(=O)Nc2cccc(C(=O)Nc3nc4c(C)cccc4s3)c2)cc1. The Morgan fingerprint density at radius 2 is 1.70 bits per heavy atom. The van der Waals surface area contributed by atoms with Gasteiger partial charge in [0.05, 0.1) is 15.1 Å². The summed E-state index contributed by atoms with van der Waals surface area (Å²) in [6.07, 6.45) is 0. The molecule has 0 atom stereocenters. The lowest BCUT2D eigenvalue weighted by Crippen LogP contribution is -2.15. The molecule has 0 aliphatic rings. The van der Waals surface area contributed by atoms with Gasteiger partial charge in [0.15, 0.2) is 5.13 Å². The second-order valence-electron chi connectivity index (χ2n) is 6.89. The number of carbonyl (C=O) groups excluding carboxylic acids is 1. The Bertz CT molecular complexity index is 1340. The number of rotatable bonds is 5. The number of amides is 1. The van der Waals surface area contributed by atoms with E-state index in [2.05, 4.69) is 15.0 Å². The van der Waals surface area contributed by atoms with Crippen molar-refractivity contribution in [2.24, 2.45) is 0 Å². The molecule has 8 heteroatoms. The van der Waals surface area contributed by atoms with Crippen LogP contribution in [-0.4, -0.2) is 19.3 Å². The van der Waals surface area contributed by atoms with Crippen LogP contribution in [0.4, 0.5) is 10.8 Å². The number of carbonyl (C=O) groups is 1. The summed E-state index contributed by atoms with van der Waals surface area (Å²) in [5.74, 6) is -0.358. The van der Waals surface area contributed by atoms with E-state index in [1.165, 1.54) is 17.4 Å². The molecule has 1 aromatic heterocycles. The Morgan fingerprint density at radius 3 is 2.43 bits per heavy atom. The van der Waals surface area contributed by atoms with E-state index < -0.39 is 10.0 Å². The van der Waals surface area contributed by atoms with Crippen molar-refractivity contribution >= 4 is 48.3 Å². The number of thiazole rings is 1. The lowest BCUT2D eigenvalue weighted by atomic mass is 10.2. The number of nitrogens with zero attached hydrogens (tertiary/aromatic N) is 1. The smallest absolute Gasteiger partial charge is 0.261 e. The van der Waals surface area contributed by atoms with E-state index in [0.29, 0.717) is 16.4 Å². The average molecular weight is 438 g/mol. The molecule has 0 saturated carbocycles. The summed E-state index contributed by atoms with van der Waals surface area (Å²) >= 11 is 1.39. The quantitative estimate of drug-likeness (QED) is 0.462. The van der Waals surface area contributed by atoms with Crippen LogP contribution in [0.25, 0.3) is 10.2 Å². The maximum absolute atomic E-state index is 12.7. The zero-order valence-electron chi connectivity index (χ0n) is 16.3. The van der Waals surface area contributed by atoms with Crippen LogP contribution in [0.3, 0.4) is 0 Å². The van der Waals surface area contributed by atoms with E-state index >= 15 is 0 Å². The van der Waals surface area contributed by atoms with Crippen molar-refractivity contribution in [3.8, 4) is 0 Å². The van der Waals surface area contributed by atoms with Gasteiger partial charge in [-0.25, -0.2) is 13.4 Å². The number of aromatic nitrogens is 1. The van der Waals surface area contributed by atoms with Gasteiger partial charge in [-0.1, -0.05) is 47.2 Å². The minimum atomic E-state index is -3.75. The van der Waals surface area contributed by atoms with Gasteiger partial charge in [0.25, 0.3) is 15.9 Å². The minimum absolute atomic E-state index is 0.160. The Kier molecular flexibility index (Phi) is 5.27. The van der Waals surface area contributed by atoms with Gasteiger partial charge < -0.3 is 0 Å². The summed E-state index contributed by atoms with van der Waals surface area (Å²) in [5, 5.41) is 3.29. The maximum Gasteiger partial charge on any atom is 0.261 e. The molecule has 1 amide bonds. The average Bonchev–Trinajstić information content (AvgIpc) is 3.12. The molecule has 0 saturated heterocycles. The van der Waals surface area contributed by atoms with Crippen molar-refractivity contribution in [3.63, 3.8) is 0 Å². The van der Waals surface area contributed by atoms with Gasteiger partial charge in [0.1, 0.15) is 0 Å². The van der Waals surface area contributed by atoms with Crippen LogP contribution in [0.1, 0.15) is 21.5 Å². The van der Waals surface area contributed by atoms with E-state index in [1.54, 1.807) is 42.5 Å². The number of para-hydroxylation sites is 1. The molecule has 152 valence electrons. The van der Waals surface area contributed by atoms with Crippen LogP contribution in [0.5, 0.6) is 0 Å². The Hall–Kier alpha value is -3.23. The van der Waals surface area contributed by atoms with Gasteiger partial charge in [-0.3, -0.25) is 14.8 Å². The summed E-state index contributed by atoms with van der Waals surface area (Å²) in [6.45, 7) is 3.86. The Morgan fingerprint density at radius 1 is 0.967 bits per heavy atom. The number of fused-ring (bicyclic) bond motifs is 1. The lowest BCUT2D eigenvalue weighted by Gasteiger charge is -2.10. The normalized spacial score (nSPS) is 11.4. The van der Waals surface area contributed by atoms with Crippen LogP contribution in [-0.2, 0) is 10.0 Å². The highest BCUT2D eigenvalue weighted by Gasteiger charge is 2.16. The van der Waals surface area contributed by atoms with E-state index in [1.807, 2.05) is 32.0 Å². The molecule has 3 aromatic carbocycles. The number of benzene rings is 3. The van der Waals surface area contributed by atoms with E-state index in [0.717, 1.165) is 21.3 Å². The molecule has 4 rings (SSSR count). The molecule has 6 nitrogen and oxygen atoms in total. The first-order valence-corrected chi connectivity index (χ1v) is 11.5. The van der Waals surface area contributed by atoms with Crippen molar-refractivity contribution in [2.45, 2.75) is 18.7 Å². The fraction of sp³-hybridized carbons (Fsp3) is 0.0909. The molecular formula is C22H19N3O3S2.